The Kier molecular flexibility index (Phi) is 6.93. The number of likely N-dealkylation sites (N-methyl/N-ethyl adjacent to an activating group) is 1. The van der Waals surface area contributed by atoms with Gasteiger partial charge in [-0.25, -0.2) is 0 Å². The van der Waals surface area contributed by atoms with Crippen LogP contribution in [-0.2, 0) is 19.1 Å². The monoisotopic (exact) mass is 472 g/mol. The Bertz CT molecular complexity index is 889. The molecule has 0 bridgehead atoms. The summed E-state index contributed by atoms with van der Waals surface area (Å²) in [6.45, 7) is 11.1. The third kappa shape index (κ3) is 4.93. The van der Waals surface area contributed by atoms with Crippen LogP contribution in [0.1, 0.15) is 40.5 Å². The molecule has 0 aromatic heterocycles. The minimum absolute atomic E-state index is 0.100. The molecule has 0 aromatic carbocycles. The number of rotatable bonds is 8. The van der Waals surface area contributed by atoms with Gasteiger partial charge in [0.15, 0.2) is 0 Å². The van der Waals surface area contributed by atoms with E-state index < -0.39 is 12.1 Å². The maximum absolute atomic E-state index is 13.4. The Labute approximate surface area is 202 Å². The standard InChI is InChI=1S/C26H40N4O4/c1-16-7-6-8-18(9-16)12-34-17(2)21(23(32)27-5)29-22(31)20-11-28-13-26(20)14-30(15-26)24(33)19-10-25(19,3)4/h6,8-9,16-17,19-21,28H,7,10-15H2,1-5H3,(H,27,32)(H,29,31)/t16?,17-,19?,20?,21+/m1/s1. The quantitative estimate of drug-likeness (QED) is 0.494. The zero-order valence-corrected chi connectivity index (χ0v) is 21.1. The molecule has 4 aliphatic rings. The second kappa shape index (κ2) is 9.46. The van der Waals surface area contributed by atoms with Crippen molar-refractivity contribution in [3.05, 3.63) is 23.8 Å². The van der Waals surface area contributed by atoms with E-state index in [9.17, 15) is 14.4 Å². The topological polar surface area (TPSA) is 99.8 Å². The second-order valence-electron chi connectivity index (χ2n) is 11.5. The summed E-state index contributed by atoms with van der Waals surface area (Å²) in [5.41, 5.74) is 0.928. The molecule has 34 heavy (non-hydrogen) atoms. The number of amides is 3. The number of hydrogen-bond donors (Lipinski definition) is 3. The minimum Gasteiger partial charge on any atom is -0.371 e. The molecule has 5 atom stereocenters. The fourth-order valence-electron chi connectivity index (χ4n) is 5.64. The van der Waals surface area contributed by atoms with E-state index in [1.54, 1.807) is 7.05 Å². The molecule has 1 spiro atoms. The summed E-state index contributed by atoms with van der Waals surface area (Å²) in [5, 5.41) is 8.96. The summed E-state index contributed by atoms with van der Waals surface area (Å²) >= 11 is 0. The van der Waals surface area contributed by atoms with E-state index >= 15 is 0 Å². The number of likely N-dealkylation sites (tertiary alicyclic amines) is 1. The molecule has 4 rings (SSSR count). The molecule has 0 aromatic rings. The van der Waals surface area contributed by atoms with Crippen molar-refractivity contribution in [2.24, 2.45) is 28.6 Å². The number of carbonyl (C=O) groups is 3. The summed E-state index contributed by atoms with van der Waals surface area (Å²) in [7, 11) is 1.57. The van der Waals surface area contributed by atoms with Gasteiger partial charge in [-0.05, 0) is 36.7 Å². The molecule has 3 fully saturated rings. The lowest BCUT2D eigenvalue weighted by molar-refractivity contribution is -0.152. The van der Waals surface area contributed by atoms with Gasteiger partial charge >= 0.3 is 0 Å². The lowest BCUT2D eigenvalue weighted by Gasteiger charge is -2.50. The van der Waals surface area contributed by atoms with Crippen LogP contribution in [0.3, 0.4) is 0 Å². The van der Waals surface area contributed by atoms with Gasteiger partial charge in [0.25, 0.3) is 0 Å². The average Bonchev–Trinajstić information content (AvgIpc) is 3.19. The lowest BCUT2D eigenvalue weighted by atomic mass is 9.70. The van der Waals surface area contributed by atoms with Crippen LogP contribution in [0.4, 0.5) is 0 Å². The molecule has 3 N–H and O–H groups in total. The van der Waals surface area contributed by atoms with Gasteiger partial charge in [-0.1, -0.05) is 39.0 Å². The van der Waals surface area contributed by atoms with Gasteiger partial charge in [0, 0.05) is 44.6 Å². The summed E-state index contributed by atoms with van der Waals surface area (Å²) in [4.78, 5) is 40.7. The first kappa shape index (κ1) is 24.9. The summed E-state index contributed by atoms with van der Waals surface area (Å²) < 4.78 is 6.01. The minimum atomic E-state index is -0.786. The fraction of sp³-hybridized carbons (Fsp3) is 0.731. The van der Waals surface area contributed by atoms with Crippen LogP contribution in [0.2, 0.25) is 0 Å². The van der Waals surface area contributed by atoms with E-state index in [2.05, 4.69) is 54.9 Å². The van der Waals surface area contributed by atoms with E-state index in [-0.39, 0.29) is 40.4 Å². The molecule has 2 saturated heterocycles. The van der Waals surface area contributed by atoms with Crippen molar-refractivity contribution in [2.75, 3.05) is 39.8 Å². The molecule has 2 heterocycles. The molecular formula is C26H40N4O4. The predicted octanol–water partition coefficient (Wildman–Crippen LogP) is 1.24. The van der Waals surface area contributed by atoms with Gasteiger partial charge in [-0.2, -0.15) is 0 Å². The maximum Gasteiger partial charge on any atom is 0.245 e. The Balaban J connectivity index is 1.35. The SMILES string of the molecule is CNC(=O)[C@@H](NC(=O)C1CNCC12CN(C(=O)C1CC1(C)C)C2)[C@@H](C)OCC1=CC(C)CC=C1. The fourth-order valence-corrected chi connectivity index (χ4v) is 5.64. The number of nitrogens with zero attached hydrogens (tertiary/aromatic N) is 1. The third-order valence-corrected chi connectivity index (χ3v) is 8.16. The van der Waals surface area contributed by atoms with Crippen LogP contribution in [0.5, 0.6) is 0 Å². The molecule has 188 valence electrons. The van der Waals surface area contributed by atoms with Gasteiger partial charge in [0.2, 0.25) is 17.7 Å². The van der Waals surface area contributed by atoms with Crippen LogP contribution in [-0.4, -0.2) is 74.6 Å². The van der Waals surface area contributed by atoms with E-state index in [0.717, 1.165) is 18.4 Å². The normalized spacial score (nSPS) is 30.2. The molecular weight excluding hydrogens is 432 g/mol. The van der Waals surface area contributed by atoms with E-state index in [1.807, 2.05) is 11.8 Å². The highest BCUT2D eigenvalue weighted by molar-refractivity contribution is 5.90. The van der Waals surface area contributed by atoms with Crippen molar-refractivity contribution in [2.45, 2.75) is 52.7 Å². The number of nitrogens with one attached hydrogen (secondary N) is 3. The summed E-state index contributed by atoms with van der Waals surface area (Å²) in [5.74, 6) is 0.0842. The lowest BCUT2D eigenvalue weighted by Crippen LogP contribution is -2.65. The summed E-state index contributed by atoms with van der Waals surface area (Å²) in [6.07, 6.45) is 7.84. The largest absolute Gasteiger partial charge is 0.371 e. The van der Waals surface area contributed by atoms with Crippen LogP contribution in [0.25, 0.3) is 0 Å². The summed E-state index contributed by atoms with van der Waals surface area (Å²) in [6, 6.07) is -0.786. The van der Waals surface area contributed by atoms with Crippen molar-refractivity contribution in [1.29, 1.82) is 0 Å². The first-order valence-electron chi connectivity index (χ1n) is 12.6. The van der Waals surface area contributed by atoms with Crippen molar-refractivity contribution in [3.63, 3.8) is 0 Å². The second-order valence-corrected chi connectivity index (χ2v) is 11.5. The Morgan fingerprint density at radius 2 is 1.97 bits per heavy atom. The number of allylic oxidation sites excluding steroid dienone is 2. The molecule has 3 unspecified atom stereocenters. The Morgan fingerprint density at radius 3 is 2.59 bits per heavy atom. The molecule has 2 aliphatic carbocycles. The number of ether oxygens (including phenoxy) is 1. The zero-order valence-electron chi connectivity index (χ0n) is 21.1. The van der Waals surface area contributed by atoms with Crippen LogP contribution in [0.15, 0.2) is 23.8 Å². The molecule has 8 nitrogen and oxygen atoms in total. The predicted molar refractivity (Wildman–Crippen MR) is 130 cm³/mol. The molecule has 3 amide bonds. The Hall–Kier alpha value is -2.19. The Morgan fingerprint density at radius 1 is 1.26 bits per heavy atom. The highest BCUT2D eigenvalue weighted by atomic mass is 16.5. The first-order chi connectivity index (χ1) is 16.1. The van der Waals surface area contributed by atoms with Gasteiger partial charge in [-0.15, -0.1) is 0 Å². The van der Waals surface area contributed by atoms with Crippen LogP contribution < -0.4 is 16.0 Å². The first-order valence-corrected chi connectivity index (χ1v) is 12.6. The van der Waals surface area contributed by atoms with Crippen LogP contribution >= 0.6 is 0 Å². The van der Waals surface area contributed by atoms with E-state index in [1.165, 1.54) is 0 Å². The van der Waals surface area contributed by atoms with Crippen molar-refractivity contribution >= 4 is 17.7 Å². The maximum atomic E-state index is 13.4. The van der Waals surface area contributed by atoms with E-state index in [4.69, 9.17) is 4.74 Å². The van der Waals surface area contributed by atoms with Gasteiger partial charge in [0.1, 0.15) is 6.04 Å². The zero-order chi connectivity index (χ0) is 24.7. The highest BCUT2D eigenvalue weighted by Gasteiger charge is 2.60. The van der Waals surface area contributed by atoms with Crippen molar-refractivity contribution < 1.29 is 19.1 Å². The van der Waals surface area contributed by atoms with E-state index in [0.29, 0.717) is 38.7 Å². The third-order valence-electron chi connectivity index (χ3n) is 8.16. The van der Waals surface area contributed by atoms with Crippen LogP contribution in [0, 0.1) is 28.6 Å². The average molecular weight is 473 g/mol. The number of hydrogen-bond acceptors (Lipinski definition) is 5. The molecule has 2 aliphatic heterocycles. The molecule has 8 heteroatoms. The molecule has 1 saturated carbocycles. The van der Waals surface area contributed by atoms with Gasteiger partial charge in [0.05, 0.1) is 18.6 Å². The van der Waals surface area contributed by atoms with Crippen molar-refractivity contribution in [1.82, 2.24) is 20.9 Å². The smallest absolute Gasteiger partial charge is 0.245 e. The number of carbonyl (C=O) groups excluding carboxylic acids is 3. The molecule has 0 radical (unpaired) electrons. The van der Waals surface area contributed by atoms with Gasteiger partial charge in [-0.3, -0.25) is 14.4 Å². The highest BCUT2D eigenvalue weighted by Crippen LogP contribution is 2.54. The van der Waals surface area contributed by atoms with Crippen molar-refractivity contribution in [3.8, 4) is 0 Å². The van der Waals surface area contributed by atoms with Gasteiger partial charge < -0.3 is 25.6 Å².